The molecule has 2 aliphatic rings. The van der Waals surface area contributed by atoms with Crippen LogP contribution in [0.3, 0.4) is 0 Å². The molecule has 2 aromatic rings. The molecule has 2 unspecified atom stereocenters. The molecular weight excluding hydrogens is 544 g/mol. The monoisotopic (exact) mass is 608 g/mol. The molecule has 2 N–H and O–H groups in total. The largest absolute Gasteiger partial charge is 0.251 e. The minimum absolute atomic E-state index is 0.151. The summed E-state index contributed by atoms with van der Waals surface area (Å²) >= 11 is 0. The van der Waals surface area contributed by atoms with E-state index in [-0.39, 0.29) is 12.2 Å². The van der Waals surface area contributed by atoms with Crippen LogP contribution in [-0.2, 0) is 16.2 Å². The van der Waals surface area contributed by atoms with Gasteiger partial charge in [-0.15, -0.1) is 0 Å². The number of hydrogen-bond acceptors (Lipinski definition) is 4. The first kappa shape index (κ1) is 36.7. The fourth-order valence-corrected chi connectivity index (χ4v) is 7.70. The lowest BCUT2D eigenvalue weighted by molar-refractivity contribution is -0.296. The molecule has 0 bridgehead atoms. The van der Waals surface area contributed by atoms with Crippen LogP contribution in [0.2, 0.25) is 0 Å². The van der Waals surface area contributed by atoms with Gasteiger partial charge >= 0.3 is 0 Å². The lowest BCUT2D eigenvalue weighted by Crippen LogP contribution is -2.22. The van der Waals surface area contributed by atoms with E-state index < -0.39 is 0 Å². The summed E-state index contributed by atoms with van der Waals surface area (Å²) in [6.07, 6.45) is 22.6. The maximum atomic E-state index is 9.44. The summed E-state index contributed by atoms with van der Waals surface area (Å²) in [7, 11) is 0. The molecule has 0 saturated heterocycles. The van der Waals surface area contributed by atoms with Crippen LogP contribution in [-0.4, -0.2) is 10.5 Å². The van der Waals surface area contributed by atoms with E-state index in [0.29, 0.717) is 11.8 Å². The average molecular weight is 609 g/mol. The third-order valence-electron chi connectivity index (χ3n) is 10.6. The molecular formula is C40H64O4. The van der Waals surface area contributed by atoms with Crippen molar-refractivity contribution in [3.63, 3.8) is 0 Å². The highest BCUT2D eigenvalue weighted by atomic mass is 17.1. The van der Waals surface area contributed by atoms with Crippen molar-refractivity contribution in [2.75, 3.05) is 0 Å². The first-order chi connectivity index (χ1) is 21.5. The number of benzene rings is 2. The summed E-state index contributed by atoms with van der Waals surface area (Å²) < 4.78 is 0. The van der Waals surface area contributed by atoms with Gasteiger partial charge in [-0.2, -0.15) is 0 Å². The van der Waals surface area contributed by atoms with E-state index >= 15 is 0 Å². The van der Waals surface area contributed by atoms with Gasteiger partial charge in [-0.05, 0) is 85.8 Å². The Balaban J connectivity index is 0.000000241. The second kappa shape index (κ2) is 21.1. The summed E-state index contributed by atoms with van der Waals surface area (Å²) in [4.78, 5) is 9.76. The van der Waals surface area contributed by atoms with Crippen LogP contribution < -0.4 is 0 Å². The Bertz CT molecular complexity index is 971. The van der Waals surface area contributed by atoms with Crippen LogP contribution in [0.1, 0.15) is 164 Å². The molecule has 2 fully saturated rings. The van der Waals surface area contributed by atoms with Crippen LogP contribution in [0.25, 0.3) is 0 Å². The van der Waals surface area contributed by atoms with Gasteiger partial charge in [0, 0.05) is 0 Å². The Kier molecular flexibility index (Phi) is 17.7. The summed E-state index contributed by atoms with van der Waals surface area (Å²) in [5, 5.41) is 18.8. The van der Waals surface area contributed by atoms with Gasteiger partial charge in [0.15, 0.2) is 0 Å². The zero-order valence-corrected chi connectivity index (χ0v) is 28.5. The topological polar surface area (TPSA) is 58.9 Å². The Labute approximate surface area is 269 Å². The predicted molar refractivity (Wildman–Crippen MR) is 184 cm³/mol. The van der Waals surface area contributed by atoms with Gasteiger partial charge in [0.25, 0.3) is 0 Å². The van der Waals surface area contributed by atoms with Crippen molar-refractivity contribution >= 4 is 0 Å². The second-order valence-corrected chi connectivity index (χ2v) is 14.0. The van der Waals surface area contributed by atoms with Crippen LogP contribution in [0.4, 0.5) is 0 Å². The van der Waals surface area contributed by atoms with E-state index in [4.69, 9.17) is 9.78 Å². The van der Waals surface area contributed by atoms with Gasteiger partial charge in [0.2, 0.25) is 0 Å². The number of aryl methyl sites for hydroxylation is 2. The molecule has 0 aromatic heterocycles. The fourth-order valence-electron chi connectivity index (χ4n) is 7.70. The molecule has 0 heterocycles. The Morgan fingerprint density at radius 2 is 1.02 bits per heavy atom. The molecule has 2 saturated carbocycles. The zero-order chi connectivity index (χ0) is 31.6. The Morgan fingerprint density at radius 1 is 0.568 bits per heavy atom. The summed E-state index contributed by atoms with van der Waals surface area (Å²) in [5.74, 6) is 2.70. The summed E-state index contributed by atoms with van der Waals surface area (Å²) in [6, 6.07) is 17.1. The summed E-state index contributed by atoms with van der Waals surface area (Å²) in [6.45, 7) is 8.86. The first-order valence-corrected chi connectivity index (χ1v) is 18.3. The van der Waals surface area contributed by atoms with E-state index in [2.05, 4.69) is 76.2 Å². The van der Waals surface area contributed by atoms with Gasteiger partial charge in [-0.25, -0.2) is 9.78 Å². The van der Waals surface area contributed by atoms with Gasteiger partial charge in [-0.3, -0.25) is 10.5 Å². The van der Waals surface area contributed by atoms with Gasteiger partial charge in [0.1, 0.15) is 12.2 Å². The molecule has 0 aliphatic heterocycles. The number of rotatable bonds is 16. The number of unbranched alkanes of at least 4 members (excludes halogenated alkanes) is 4. The van der Waals surface area contributed by atoms with E-state index in [1.807, 2.05) is 0 Å². The van der Waals surface area contributed by atoms with Crippen molar-refractivity contribution in [2.24, 2.45) is 23.7 Å². The highest BCUT2D eigenvalue weighted by Crippen LogP contribution is 2.41. The smallest absolute Gasteiger partial charge is 0.120 e. The molecule has 2 aromatic carbocycles. The van der Waals surface area contributed by atoms with Crippen LogP contribution in [0.5, 0.6) is 0 Å². The second-order valence-electron chi connectivity index (χ2n) is 14.0. The van der Waals surface area contributed by atoms with Crippen LogP contribution in [0.15, 0.2) is 48.5 Å². The van der Waals surface area contributed by atoms with Crippen molar-refractivity contribution in [2.45, 2.75) is 155 Å². The summed E-state index contributed by atoms with van der Waals surface area (Å²) in [5.41, 5.74) is 4.88. The predicted octanol–water partition coefficient (Wildman–Crippen LogP) is 12.5. The third kappa shape index (κ3) is 12.2. The quantitative estimate of drug-likeness (QED) is 0.113. The Morgan fingerprint density at radius 3 is 1.48 bits per heavy atom. The molecule has 2 atom stereocenters. The van der Waals surface area contributed by atoms with Crippen molar-refractivity contribution in [3.05, 3.63) is 70.8 Å². The van der Waals surface area contributed by atoms with Gasteiger partial charge in [-0.1, -0.05) is 152 Å². The fraction of sp³-hybridized carbons (Fsp3) is 0.700. The molecule has 4 nitrogen and oxygen atoms in total. The lowest BCUT2D eigenvalue weighted by Gasteiger charge is -2.32. The van der Waals surface area contributed by atoms with E-state index in [0.717, 1.165) is 29.4 Å². The minimum atomic E-state index is -0.151. The molecule has 0 radical (unpaired) electrons. The highest BCUT2D eigenvalue weighted by Gasteiger charge is 2.30. The van der Waals surface area contributed by atoms with Crippen LogP contribution in [0, 0.1) is 30.6 Å². The van der Waals surface area contributed by atoms with Crippen molar-refractivity contribution in [3.8, 4) is 0 Å². The molecule has 44 heavy (non-hydrogen) atoms. The minimum Gasteiger partial charge on any atom is -0.251 e. The molecule has 4 rings (SSSR count). The maximum absolute atomic E-state index is 9.44. The molecule has 0 amide bonds. The zero-order valence-electron chi connectivity index (χ0n) is 28.5. The van der Waals surface area contributed by atoms with Gasteiger partial charge < -0.3 is 0 Å². The molecule has 2 aliphatic carbocycles. The normalized spacial score (nSPS) is 23.4. The SMILES string of the molecule is CCCCCC1CCC(C(OO)c2ccc(C)cc2)CC1.CCCCCc1ccc(C(OO)C2CCC(CCC)CC2)cc1. The van der Waals surface area contributed by atoms with E-state index in [1.165, 1.54) is 120 Å². The van der Waals surface area contributed by atoms with E-state index in [9.17, 15) is 10.5 Å². The maximum Gasteiger partial charge on any atom is 0.120 e. The molecule has 0 spiro atoms. The molecule has 248 valence electrons. The van der Waals surface area contributed by atoms with Gasteiger partial charge in [0.05, 0.1) is 0 Å². The standard InChI is InChI=1S/C21H34O2.C19H30O2/c1-3-5-6-8-18-11-15-20(16-12-18)21(23-22)19-13-9-17(7-4-2)10-14-19;1-3-4-5-6-16-9-13-18(14-10-16)19(21-20)17-11-7-15(2)8-12-17/h11-12,15-17,19,21-22H,3-10,13-14H2,1-2H3;7-8,11-12,16,18-20H,3-6,9-10,13-14H2,1-2H3. The average Bonchev–Trinajstić information content (AvgIpc) is 3.05. The number of hydrogen-bond donors (Lipinski definition) is 2. The van der Waals surface area contributed by atoms with Crippen LogP contribution >= 0.6 is 0 Å². The van der Waals surface area contributed by atoms with Crippen molar-refractivity contribution in [1.29, 1.82) is 0 Å². The highest BCUT2D eigenvalue weighted by molar-refractivity contribution is 5.25. The lowest BCUT2D eigenvalue weighted by atomic mass is 9.76. The van der Waals surface area contributed by atoms with Crippen molar-refractivity contribution in [1.82, 2.24) is 0 Å². The molecule has 4 heteroatoms. The Hall–Kier alpha value is -1.72. The van der Waals surface area contributed by atoms with E-state index in [1.54, 1.807) is 0 Å². The first-order valence-electron chi connectivity index (χ1n) is 18.3. The van der Waals surface area contributed by atoms with Crippen molar-refractivity contribution < 1.29 is 20.3 Å². The third-order valence-corrected chi connectivity index (χ3v) is 10.6.